The molecule has 0 aromatic heterocycles. The molecule has 41 heavy (non-hydrogen) atoms. The maximum absolute atomic E-state index is 14.7. The Labute approximate surface area is 254 Å². The summed E-state index contributed by atoms with van der Waals surface area (Å²) in [5.74, 6) is -1.19. The summed E-state index contributed by atoms with van der Waals surface area (Å²) >= 11 is 8.28. The Kier molecular flexibility index (Phi) is 10.6. The summed E-state index contributed by atoms with van der Waals surface area (Å²) in [6.45, 7) is 13.8. The number of carbonyl (C=O) groups excluding carboxylic acids is 3. The van der Waals surface area contributed by atoms with E-state index in [0.717, 1.165) is 32.1 Å². The van der Waals surface area contributed by atoms with Gasteiger partial charge in [0.1, 0.15) is 6.04 Å². The van der Waals surface area contributed by atoms with Crippen LogP contribution in [-0.2, 0) is 14.4 Å². The first kappa shape index (κ1) is 31.6. The van der Waals surface area contributed by atoms with Crippen molar-refractivity contribution in [1.82, 2.24) is 9.80 Å². The van der Waals surface area contributed by atoms with E-state index in [1.54, 1.807) is 39.8 Å². The standard InChI is InChI=1S/C32H44ClN3O4S/c1-5-16-34(17-6-2)29(38)26-25-21-22(4)32(41-25)27(26)30(39)36(19-12-8-9-13-20-37)28(32)31(40)35(18-7-3)24-15-11-10-14-23(24)33/h5,7,10-11,14-15,22,25-28,37H,1,3,6,8-9,12-13,16-21H2,2,4H3/t22?,25-,26+,27+,28?,32?/m1/s1. The number of nitrogens with zero attached hydrogens (tertiary/aromatic N) is 3. The van der Waals surface area contributed by atoms with E-state index in [0.29, 0.717) is 36.8 Å². The van der Waals surface area contributed by atoms with E-state index in [2.05, 4.69) is 20.1 Å². The average Bonchev–Trinajstić information content (AvgIpc) is 3.55. The number of unbranched alkanes of at least 4 members (excludes halogenated alkanes) is 3. The lowest BCUT2D eigenvalue weighted by atomic mass is 9.65. The fourth-order valence-electron chi connectivity index (χ4n) is 7.25. The minimum atomic E-state index is -0.712. The molecule has 3 fully saturated rings. The van der Waals surface area contributed by atoms with Crippen LogP contribution in [0.2, 0.25) is 5.02 Å². The van der Waals surface area contributed by atoms with E-state index in [1.807, 2.05) is 30.0 Å². The highest BCUT2D eigenvalue weighted by Crippen LogP contribution is 2.69. The smallest absolute Gasteiger partial charge is 0.251 e. The highest BCUT2D eigenvalue weighted by molar-refractivity contribution is 8.02. The molecule has 3 amide bonds. The second kappa shape index (κ2) is 13.8. The first-order chi connectivity index (χ1) is 19.8. The number of aliphatic hydroxyl groups excluding tert-OH is 1. The van der Waals surface area contributed by atoms with E-state index < -0.39 is 22.6 Å². The summed E-state index contributed by atoms with van der Waals surface area (Å²) in [7, 11) is 0. The van der Waals surface area contributed by atoms with Crippen LogP contribution in [0.3, 0.4) is 0 Å². The first-order valence-corrected chi connectivity index (χ1v) is 16.2. The lowest BCUT2D eigenvalue weighted by Crippen LogP contribution is -2.57. The molecule has 224 valence electrons. The summed E-state index contributed by atoms with van der Waals surface area (Å²) < 4.78 is -0.697. The summed E-state index contributed by atoms with van der Waals surface area (Å²) in [6, 6.07) is 6.54. The second-order valence-corrected chi connectivity index (χ2v) is 13.4. The van der Waals surface area contributed by atoms with E-state index in [4.69, 9.17) is 11.6 Å². The van der Waals surface area contributed by atoms with Crippen molar-refractivity contribution >= 4 is 46.8 Å². The van der Waals surface area contributed by atoms with E-state index in [1.165, 1.54) is 0 Å². The van der Waals surface area contributed by atoms with Gasteiger partial charge in [-0.3, -0.25) is 14.4 Å². The topological polar surface area (TPSA) is 81.2 Å². The van der Waals surface area contributed by atoms with Crippen LogP contribution in [0.1, 0.15) is 52.4 Å². The third kappa shape index (κ3) is 5.72. The van der Waals surface area contributed by atoms with Crippen LogP contribution in [0.4, 0.5) is 5.69 Å². The molecule has 3 aliphatic heterocycles. The molecule has 3 unspecified atom stereocenters. The van der Waals surface area contributed by atoms with Gasteiger partial charge in [0.25, 0.3) is 5.91 Å². The number of para-hydroxylation sites is 1. The third-order valence-corrected chi connectivity index (χ3v) is 11.3. The molecule has 4 rings (SSSR count). The molecule has 1 spiro atoms. The Morgan fingerprint density at radius 3 is 2.51 bits per heavy atom. The molecule has 9 heteroatoms. The van der Waals surface area contributed by atoms with Crippen LogP contribution >= 0.6 is 23.4 Å². The average molecular weight is 602 g/mol. The normalized spacial score (nSPS) is 28.0. The van der Waals surface area contributed by atoms with Gasteiger partial charge in [-0.1, -0.05) is 62.6 Å². The lowest BCUT2D eigenvalue weighted by molar-refractivity contribution is -0.144. The molecule has 6 atom stereocenters. The number of hydrogen-bond acceptors (Lipinski definition) is 5. The van der Waals surface area contributed by atoms with Gasteiger partial charge in [0.15, 0.2) is 0 Å². The highest BCUT2D eigenvalue weighted by Gasteiger charge is 2.76. The molecule has 0 radical (unpaired) electrons. The third-order valence-electron chi connectivity index (χ3n) is 8.95. The van der Waals surface area contributed by atoms with Gasteiger partial charge in [-0.15, -0.1) is 24.9 Å². The van der Waals surface area contributed by atoms with Crippen molar-refractivity contribution in [3.8, 4) is 0 Å². The van der Waals surface area contributed by atoms with Crippen LogP contribution in [-0.4, -0.2) is 81.5 Å². The van der Waals surface area contributed by atoms with Crippen molar-refractivity contribution in [2.45, 2.75) is 68.4 Å². The maximum Gasteiger partial charge on any atom is 0.251 e. The molecule has 3 heterocycles. The van der Waals surface area contributed by atoms with Crippen molar-refractivity contribution in [2.24, 2.45) is 17.8 Å². The van der Waals surface area contributed by atoms with Crippen LogP contribution in [0.5, 0.6) is 0 Å². The molecule has 0 saturated carbocycles. The van der Waals surface area contributed by atoms with Gasteiger partial charge in [-0.05, 0) is 43.7 Å². The van der Waals surface area contributed by atoms with Crippen molar-refractivity contribution < 1.29 is 19.5 Å². The molecule has 1 N–H and O–H groups in total. The number of thioether (sulfide) groups is 1. The number of benzene rings is 1. The Balaban J connectivity index is 1.76. The summed E-state index contributed by atoms with van der Waals surface area (Å²) in [5.41, 5.74) is 0.590. The Hall–Kier alpha value is -2.29. The number of rotatable bonds is 15. The van der Waals surface area contributed by atoms with Crippen molar-refractivity contribution in [2.75, 3.05) is 37.7 Å². The monoisotopic (exact) mass is 601 g/mol. The van der Waals surface area contributed by atoms with Gasteiger partial charge in [0.2, 0.25) is 11.8 Å². The van der Waals surface area contributed by atoms with Crippen molar-refractivity contribution in [1.29, 1.82) is 0 Å². The number of amides is 3. The zero-order valence-electron chi connectivity index (χ0n) is 24.3. The van der Waals surface area contributed by atoms with Crippen LogP contribution in [0, 0.1) is 17.8 Å². The number of aliphatic hydroxyl groups is 1. The summed E-state index contributed by atoms with van der Waals surface area (Å²) in [5, 5.41) is 9.66. The summed E-state index contributed by atoms with van der Waals surface area (Å²) in [6.07, 6.45) is 8.18. The number of anilines is 1. The molecule has 3 aliphatic rings. The molecule has 1 aromatic carbocycles. The van der Waals surface area contributed by atoms with E-state index in [-0.39, 0.29) is 42.0 Å². The molecule has 0 aliphatic carbocycles. The number of halogens is 1. The second-order valence-electron chi connectivity index (χ2n) is 11.5. The van der Waals surface area contributed by atoms with Gasteiger partial charge >= 0.3 is 0 Å². The van der Waals surface area contributed by atoms with Gasteiger partial charge in [-0.2, -0.15) is 0 Å². The Morgan fingerprint density at radius 2 is 1.85 bits per heavy atom. The van der Waals surface area contributed by atoms with Crippen LogP contribution in [0.25, 0.3) is 0 Å². The predicted octanol–water partition coefficient (Wildman–Crippen LogP) is 5.17. The fourth-order valence-corrected chi connectivity index (χ4v) is 9.90. The van der Waals surface area contributed by atoms with Crippen LogP contribution in [0.15, 0.2) is 49.6 Å². The number of carbonyl (C=O) groups is 3. The van der Waals surface area contributed by atoms with Gasteiger partial charge < -0.3 is 19.8 Å². The SMILES string of the molecule is C=CCN(CCC)C(=O)[C@@H]1[C@H]2C(=O)N(CCCCCCO)C(C(=O)N(CC=C)c3ccccc3Cl)C23S[C@@H]1CC3C. The predicted molar refractivity (Wildman–Crippen MR) is 167 cm³/mol. The highest BCUT2D eigenvalue weighted by atomic mass is 35.5. The Morgan fingerprint density at radius 1 is 1.15 bits per heavy atom. The molecular weight excluding hydrogens is 558 g/mol. The maximum atomic E-state index is 14.7. The van der Waals surface area contributed by atoms with Gasteiger partial charge in [0.05, 0.1) is 27.3 Å². The zero-order chi connectivity index (χ0) is 29.7. The lowest BCUT2D eigenvalue weighted by Gasteiger charge is -2.41. The number of hydrogen-bond donors (Lipinski definition) is 1. The fraction of sp³-hybridized carbons (Fsp3) is 0.594. The zero-order valence-corrected chi connectivity index (χ0v) is 25.9. The molecule has 1 aromatic rings. The van der Waals surface area contributed by atoms with Crippen LogP contribution < -0.4 is 4.90 Å². The largest absolute Gasteiger partial charge is 0.396 e. The van der Waals surface area contributed by atoms with E-state index in [9.17, 15) is 19.5 Å². The van der Waals surface area contributed by atoms with Gasteiger partial charge in [-0.25, -0.2) is 0 Å². The van der Waals surface area contributed by atoms with E-state index >= 15 is 0 Å². The molecule has 7 nitrogen and oxygen atoms in total. The molecule has 2 bridgehead atoms. The minimum absolute atomic E-state index is 0.00132. The first-order valence-electron chi connectivity index (χ1n) is 14.9. The minimum Gasteiger partial charge on any atom is -0.396 e. The molecule has 3 saturated heterocycles. The number of likely N-dealkylation sites (tertiary alicyclic amines) is 1. The Bertz CT molecular complexity index is 1150. The number of fused-ring (bicyclic) bond motifs is 1. The quantitative estimate of drug-likeness (QED) is 0.221. The van der Waals surface area contributed by atoms with Crippen molar-refractivity contribution in [3.63, 3.8) is 0 Å². The molecular formula is C32H44ClN3O4S. The van der Waals surface area contributed by atoms with Crippen molar-refractivity contribution in [3.05, 3.63) is 54.6 Å². The summed E-state index contributed by atoms with van der Waals surface area (Å²) in [4.78, 5) is 48.5. The van der Waals surface area contributed by atoms with Gasteiger partial charge in [0, 0.05) is 38.0 Å².